The summed E-state index contributed by atoms with van der Waals surface area (Å²) in [6, 6.07) is 15.9. The first-order valence-corrected chi connectivity index (χ1v) is 20.0. The molecule has 0 spiro atoms. The van der Waals surface area contributed by atoms with Crippen molar-refractivity contribution in [1.29, 1.82) is 0 Å². The Hall–Kier alpha value is -6.36. The van der Waals surface area contributed by atoms with Crippen LogP contribution in [0.25, 0.3) is 22.5 Å². The number of aromatic amines is 2. The zero-order chi connectivity index (χ0) is 44.0. The van der Waals surface area contributed by atoms with E-state index in [2.05, 4.69) is 92.7 Å². The van der Waals surface area contributed by atoms with Crippen molar-refractivity contribution >= 4 is 24.5 Å². The number of imidazole rings is 2. The Kier molecular flexibility index (Phi) is 25.6. The van der Waals surface area contributed by atoms with Crippen LogP contribution in [-0.2, 0) is 25.6 Å². The third-order valence-corrected chi connectivity index (χ3v) is 7.97. The number of hydrogen-bond donors (Lipinski definition) is 4. The smallest absolute Gasteiger partial charge is 0.407 e. The lowest BCUT2D eigenvalue weighted by Crippen LogP contribution is -2.40. The van der Waals surface area contributed by atoms with E-state index in [1.807, 2.05) is 68.6 Å². The molecule has 1 aliphatic rings. The number of nitrogens with zero attached hydrogens (tertiary/aromatic N) is 4. The predicted octanol–water partition coefficient (Wildman–Crippen LogP) is 8.25. The van der Waals surface area contributed by atoms with E-state index in [1.165, 1.54) is 27.1 Å². The molecule has 2 aromatic carbocycles. The van der Waals surface area contributed by atoms with Gasteiger partial charge in [-0.25, -0.2) is 19.6 Å². The van der Waals surface area contributed by atoms with Gasteiger partial charge < -0.3 is 39.9 Å². The second-order valence-corrected chi connectivity index (χ2v) is 12.9. The summed E-state index contributed by atoms with van der Waals surface area (Å²) in [5.41, 5.74) is 5.48. The highest BCUT2D eigenvalue weighted by Crippen LogP contribution is 2.30. The van der Waals surface area contributed by atoms with Gasteiger partial charge in [-0.1, -0.05) is 83.6 Å². The van der Waals surface area contributed by atoms with E-state index >= 15 is 0 Å². The number of aromatic nitrogens is 4. The molecule has 1 aliphatic heterocycles. The molecule has 1 saturated heterocycles. The lowest BCUT2D eigenvalue weighted by atomic mass is 10.1. The van der Waals surface area contributed by atoms with Crippen LogP contribution in [0.4, 0.5) is 9.59 Å². The van der Waals surface area contributed by atoms with Gasteiger partial charge >= 0.3 is 12.2 Å². The maximum absolute atomic E-state index is 12.6. The van der Waals surface area contributed by atoms with E-state index < -0.39 is 6.09 Å². The summed E-state index contributed by atoms with van der Waals surface area (Å²) in [7, 11) is 2.59. The lowest BCUT2D eigenvalue weighted by Gasteiger charge is -2.21. The average Bonchev–Trinajstić information content (AvgIpc) is 4.06. The van der Waals surface area contributed by atoms with E-state index in [1.54, 1.807) is 16.0 Å². The number of benzene rings is 2. The molecule has 1 fully saturated rings. The zero-order valence-electron chi connectivity index (χ0n) is 36.2. The fraction of sp³-hybridized carbons (Fsp3) is 0.422. The highest BCUT2D eigenvalue weighted by molar-refractivity contribution is 5.82. The molecular weight excluding hydrogens is 749 g/mol. The summed E-state index contributed by atoms with van der Waals surface area (Å²) in [5.74, 6) is 7.69. The van der Waals surface area contributed by atoms with Crippen molar-refractivity contribution in [3.8, 4) is 34.4 Å². The summed E-state index contributed by atoms with van der Waals surface area (Å²) in [5, 5.41) is 4.86. The van der Waals surface area contributed by atoms with Crippen molar-refractivity contribution in [2.45, 2.75) is 86.2 Å². The molecule has 59 heavy (non-hydrogen) atoms. The predicted molar refractivity (Wildman–Crippen MR) is 234 cm³/mol. The minimum atomic E-state index is -0.644. The molecule has 3 heterocycles. The van der Waals surface area contributed by atoms with E-state index in [4.69, 9.17) is 0 Å². The molecule has 0 saturated carbocycles. The second-order valence-electron chi connectivity index (χ2n) is 12.9. The van der Waals surface area contributed by atoms with Crippen LogP contribution in [-0.4, -0.2) is 94.6 Å². The van der Waals surface area contributed by atoms with Crippen LogP contribution in [0.2, 0.25) is 0 Å². The molecule has 1 unspecified atom stereocenters. The normalized spacial score (nSPS) is 12.1. The van der Waals surface area contributed by atoms with E-state index in [0.29, 0.717) is 25.5 Å². The number of likely N-dealkylation sites (tertiary alicyclic amines) is 1. The Labute approximate surface area is 350 Å². The monoisotopic (exact) mass is 812 g/mol. The molecule has 0 aliphatic carbocycles. The molecular formula is C45H64N8O6. The Morgan fingerprint density at radius 2 is 1.34 bits per heavy atom. The summed E-state index contributed by atoms with van der Waals surface area (Å²) in [4.78, 5) is 64.4. The number of carbonyl (C=O) groups is 4. The summed E-state index contributed by atoms with van der Waals surface area (Å²) in [6.45, 7) is 20.4. The van der Waals surface area contributed by atoms with Crippen LogP contribution in [0, 0.1) is 11.8 Å². The number of hydrogen-bond acceptors (Lipinski definition) is 8. The van der Waals surface area contributed by atoms with E-state index in [0.717, 1.165) is 71.7 Å². The summed E-state index contributed by atoms with van der Waals surface area (Å²) >= 11 is 0. The van der Waals surface area contributed by atoms with Gasteiger partial charge in [-0.05, 0) is 61.6 Å². The van der Waals surface area contributed by atoms with Crippen molar-refractivity contribution in [2.75, 3.05) is 40.4 Å². The highest BCUT2D eigenvalue weighted by Gasteiger charge is 2.27. The van der Waals surface area contributed by atoms with Gasteiger partial charge in [0.15, 0.2) is 0 Å². The van der Waals surface area contributed by atoms with Crippen molar-refractivity contribution in [1.82, 2.24) is 40.4 Å². The highest BCUT2D eigenvalue weighted by atomic mass is 16.5. The SMILES string of the molecule is C=C.CCC.CCC.CCCN(Cc1ncc(-c2ccc(C#Cc3ccc(-c4cnc(C5CCCN5C=O)[nH]4)cc3)cc2)[nH]1)C(=O)CNC(=O)OC.CCNC(=O)OC. The van der Waals surface area contributed by atoms with Gasteiger partial charge in [0.2, 0.25) is 12.3 Å². The van der Waals surface area contributed by atoms with Crippen LogP contribution in [0.1, 0.15) is 102 Å². The van der Waals surface area contributed by atoms with Gasteiger partial charge in [0.1, 0.15) is 18.2 Å². The van der Waals surface area contributed by atoms with E-state index in [9.17, 15) is 19.2 Å². The molecule has 2 aromatic heterocycles. The van der Waals surface area contributed by atoms with Crippen molar-refractivity contribution in [3.63, 3.8) is 0 Å². The Bertz CT molecular complexity index is 1860. The van der Waals surface area contributed by atoms with Crippen molar-refractivity contribution < 1.29 is 28.7 Å². The van der Waals surface area contributed by atoms with E-state index in [-0.39, 0.29) is 24.6 Å². The molecule has 0 bridgehead atoms. The zero-order valence-corrected chi connectivity index (χ0v) is 36.2. The van der Waals surface area contributed by atoms with Crippen LogP contribution in [0.5, 0.6) is 0 Å². The molecule has 320 valence electrons. The van der Waals surface area contributed by atoms with Crippen LogP contribution < -0.4 is 10.6 Å². The molecule has 4 aromatic rings. The number of alkyl carbamates (subject to hydrolysis) is 2. The quantitative estimate of drug-likeness (QED) is 0.0665. The van der Waals surface area contributed by atoms with Crippen molar-refractivity contribution in [2.24, 2.45) is 0 Å². The standard InChI is InChI=1S/C33H35N7O4.C4H9NO2.2C3H8.C2H4/c1-3-16-39(31(42)20-36-33(43)44-2)21-30-34-18-27(37-30)25-12-8-23(9-13-25)6-7-24-10-14-26(15-11-24)28-19-35-32(38-28)29-5-4-17-40(29)22-41;1-3-5-4(6)7-2;2*1-3-2;1-2/h8-15,18-19,22,29H,3-5,16-17,20-21H2,1-2H3,(H,34,37)(H,35,38)(H,36,43);3H2,1-2H3,(H,5,6);2*3H2,1-2H3;1-2H2. The molecule has 14 heteroatoms. The molecule has 4 amide bonds. The fourth-order valence-corrected chi connectivity index (χ4v) is 5.35. The van der Waals surface area contributed by atoms with Crippen LogP contribution in [0.3, 0.4) is 0 Å². The van der Waals surface area contributed by atoms with Gasteiger partial charge in [-0.15, -0.1) is 13.2 Å². The summed E-state index contributed by atoms with van der Waals surface area (Å²) in [6.07, 6.45) is 8.62. The Balaban J connectivity index is 0.00000100. The summed E-state index contributed by atoms with van der Waals surface area (Å²) < 4.78 is 8.78. The fourth-order valence-electron chi connectivity index (χ4n) is 5.35. The molecule has 14 nitrogen and oxygen atoms in total. The number of ether oxygens (including phenoxy) is 2. The second kappa shape index (κ2) is 29.8. The maximum atomic E-state index is 12.6. The van der Waals surface area contributed by atoms with Crippen molar-refractivity contribution in [3.05, 3.63) is 96.9 Å². The largest absolute Gasteiger partial charge is 0.453 e. The number of nitrogens with one attached hydrogen (secondary N) is 4. The molecule has 1 atom stereocenters. The first-order valence-electron chi connectivity index (χ1n) is 20.0. The number of methoxy groups -OCH3 is 2. The van der Waals surface area contributed by atoms with Gasteiger partial charge in [0.05, 0.1) is 50.6 Å². The number of rotatable bonds is 11. The molecule has 5 rings (SSSR count). The first kappa shape index (κ1) is 50.7. The molecule has 4 N–H and O–H groups in total. The minimum Gasteiger partial charge on any atom is -0.453 e. The Morgan fingerprint density at radius 3 is 1.81 bits per heavy atom. The van der Waals surface area contributed by atoms with Crippen LogP contribution >= 0.6 is 0 Å². The first-order chi connectivity index (χ1) is 28.6. The van der Waals surface area contributed by atoms with Gasteiger partial charge in [-0.3, -0.25) is 9.59 Å². The van der Waals surface area contributed by atoms with Gasteiger partial charge in [0, 0.05) is 30.8 Å². The third kappa shape index (κ3) is 18.2. The lowest BCUT2D eigenvalue weighted by molar-refractivity contribution is -0.131. The molecule has 0 radical (unpaired) electrons. The van der Waals surface area contributed by atoms with Gasteiger partial charge in [0.25, 0.3) is 0 Å². The Morgan fingerprint density at radius 1 is 0.831 bits per heavy atom. The average molecular weight is 813 g/mol. The number of amides is 4. The maximum Gasteiger partial charge on any atom is 0.407 e. The number of carbonyl (C=O) groups excluding carboxylic acids is 4. The number of H-pyrrole nitrogens is 2. The van der Waals surface area contributed by atoms with Gasteiger partial charge in [-0.2, -0.15) is 0 Å². The van der Waals surface area contributed by atoms with Crippen LogP contribution in [0.15, 0.2) is 74.1 Å². The topological polar surface area (TPSA) is 175 Å². The third-order valence-electron chi connectivity index (χ3n) is 7.97. The minimum absolute atomic E-state index is 0.0167.